The van der Waals surface area contributed by atoms with Crippen LogP contribution in [0.1, 0.15) is 30.0 Å². The maximum atomic E-state index is 12.3. The minimum Gasteiger partial charge on any atom is -0.296 e. The van der Waals surface area contributed by atoms with Crippen LogP contribution in [-0.4, -0.2) is 70.8 Å². The van der Waals surface area contributed by atoms with Crippen LogP contribution in [-0.2, 0) is 26.5 Å². The fraction of sp³-hybridized carbons (Fsp3) is 0.647. The smallest absolute Gasteiger partial charge is 0.211 e. The summed E-state index contributed by atoms with van der Waals surface area (Å²) < 4.78 is 51.1. The Morgan fingerprint density at radius 2 is 1.88 bits per heavy atom. The lowest BCUT2D eigenvalue weighted by atomic mass is 9.85. The average Bonchev–Trinajstić information content (AvgIpc) is 2.56. The summed E-state index contributed by atoms with van der Waals surface area (Å²) >= 11 is 0. The molecule has 2 atom stereocenters. The second kappa shape index (κ2) is 7.55. The van der Waals surface area contributed by atoms with Crippen LogP contribution in [0.25, 0.3) is 0 Å². The molecule has 26 heavy (non-hydrogen) atoms. The van der Waals surface area contributed by atoms with E-state index < -0.39 is 20.0 Å². The Labute approximate surface area is 156 Å². The number of hydrogen-bond acceptors (Lipinski definition) is 5. The van der Waals surface area contributed by atoms with E-state index in [0.29, 0.717) is 0 Å². The molecule has 0 aromatic heterocycles. The Balaban J connectivity index is 1.77. The maximum absolute atomic E-state index is 12.3. The molecule has 1 N–H and O–H groups in total. The summed E-state index contributed by atoms with van der Waals surface area (Å²) in [6.07, 6.45) is 4.82. The molecule has 0 unspecified atom stereocenters. The zero-order chi connectivity index (χ0) is 18.9. The molecule has 1 saturated heterocycles. The van der Waals surface area contributed by atoms with Crippen molar-refractivity contribution in [3.63, 3.8) is 0 Å². The molecule has 1 aromatic rings. The molecular weight excluding hydrogens is 374 g/mol. The summed E-state index contributed by atoms with van der Waals surface area (Å²) in [6, 6.07) is 8.50. The van der Waals surface area contributed by atoms with Crippen molar-refractivity contribution in [3.8, 4) is 0 Å². The lowest BCUT2D eigenvalue weighted by Gasteiger charge is -2.45. The van der Waals surface area contributed by atoms with Crippen LogP contribution in [0.4, 0.5) is 0 Å². The van der Waals surface area contributed by atoms with Crippen LogP contribution in [0.15, 0.2) is 24.3 Å². The number of hydrogen-bond donors (Lipinski definition) is 1. The first kappa shape index (κ1) is 19.8. The van der Waals surface area contributed by atoms with Gasteiger partial charge in [-0.25, -0.2) is 21.6 Å². The largest absolute Gasteiger partial charge is 0.296 e. The predicted octanol–water partition coefficient (Wildman–Crippen LogP) is 0.559. The van der Waals surface area contributed by atoms with Crippen LogP contribution in [0.5, 0.6) is 0 Å². The molecule has 0 radical (unpaired) electrons. The van der Waals surface area contributed by atoms with Crippen molar-refractivity contribution in [2.24, 2.45) is 0 Å². The highest BCUT2D eigenvalue weighted by Gasteiger charge is 2.37. The highest BCUT2D eigenvalue weighted by molar-refractivity contribution is 7.88. The molecule has 0 bridgehead atoms. The molecule has 7 nitrogen and oxygen atoms in total. The van der Waals surface area contributed by atoms with E-state index in [4.69, 9.17) is 0 Å². The van der Waals surface area contributed by atoms with Gasteiger partial charge in [-0.2, -0.15) is 4.31 Å². The van der Waals surface area contributed by atoms with E-state index in [1.54, 1.807) is 0 Å². The second-order valence-electron chi connectivity index (χ2n) is 7.22. The lowest BCUT2D eigenvalue weighted by molar-refractivity contribution is 0.0913. The number of rotatable bonds is 6. The highest BCUT2D eigenvalue weighted by atomic mass is 32.2. The summed E-state index contributed by atoms with van der Waals surface area (Å²) in [5, 5.41) is 0. The molecule has 0 saturated carbocycles. The molecule has 146 valence electrons. The van der Waals surface area contributed by atoms with Gasteiger partial charge in [0, 0.05) is 38.3 Å². The third-order valence-electron chi connectivity index (χ3n) is 5.30. The Morgan fingerprint density at radius 3 is 2.58 bits per heavy atom. The lowest BCUT2D eigenvalue weighted by Crippen LogP contribution is -2.51. The molecule has 1 fully saturated rings. The highest BCUT2D eigenvalue weighted by Crippen LogP contribution is 2.38. The van der Waals surface area contributed by atoms with E-state index >= 15 is 0 Å². The Morgan fingerprint density at radius 1 is 1.15 bits per heavy atom. The second-order valence-corrected chi connectivity index (χ2v) is 11.0. The molecule has 0 amide bonds. The first-order valence-electron chi connectivity index (χ1n) is 8.88. The maximum Gasteiger partial charge on any atom is 0.211 e. The van der Waals surface area contributed by atoms with Gasteiger partial charge in [-0.15, -0.1) is 0 Å². The van der Waals surface area contributed by atoms with Crippen LogP contribution >= 0.6 is 0 Å². The van der Waals surface area contributed by atoms with Crippen molar-refractivity contribution in [2.45, 2.75) is 31.3 Å². The van der Waals surface area contributed by atoms with Gasteiger partial charge < -0.3 is 0 Å². The van der Waals surface area contributed by atoms with Crippen molar-refractivity contribution >= 4 is 20.0 Å². The molecule has 0 spiro atoms. The van der Waals surface area contributed by atoms with Crippen LogP contribution in [0, 0.1) is 0 Å². The van der Waals surface area contributed by atoms with Crippen molar-refractivity contribution in [2.75, 3.05) is 38.7 Å². The summed E-state index contributed by atoms with van der Waals surface area (Å²) in [6.45, 7) is 2.11. The van der Waals surface area contributed by atoms with Gasteiger partial charge in [-0.3, -0.25) is 4.90 Å². The number of benzene rings is 1. The van der Waals surface area contributed by atoms with Crippen LogP contribution in [0.2, 0.25) is 0 Å². The standard InChI is InChI=1S/C17H27N3O4S2/c1-25(21,22)18-9-12-20(26(2,23)24)15-8-11-19-10-7-14-5-3-4-6-16(14)17(19)13-15/h3-6,15,17-18H,7-13H2,1-2H3/t15-,17-/m1/s1. The fourth-order valence-corrected chi connectivity index (χ4v) is 5.78. The first-order chi connectivity index (χ1) is 12.1. The van der Waals surface area contributed by atoms with Crippen molar-refractivity contribution in [3.05, 3.63) is 35.4 Å². The zero-order valence-electron chi connectivity index (χ0n) is 15.3. The van der Waals surface area contributed by atoms with E-state index in [9.17, 15) is 16.8 Å². The summed E-state index contributed by atoms with van der Waals surface area (Å²) in [5.74, 6) is 0. The molecule has 3 rings (SSSR count). The van der Waals surface area contributed by atoms with Gasteiger partial charge in [0.25, 0.3) is 0 Å². The number of sulfonamides is 2. The molecule has 1 aromatic carbocycles. The monoisotopic (exact) mass is 401 g/mol. The molecular formula is C17H27N3O4S2. The van der Waals surface area contributed by atoms with E-state index in [1.165, 1.54) is 21.7 Å². The van der Waals surface area contributed by atoms with E-state index in [-0.39, 0.29) is 25.2 Å². The minimum absolute atomic E-state index is 0.0906. The van der Waals surface area contributed by atoms with Gasteiger partial charge in [0.15, 0.2) is 0 Å². The van der Waals surface area contributed by atoms with Crippen molar-refractivity contribution in [1.82, 2.24) is 13.9 Å². The normalized spacial score (nSPS) is 24.3. The minimum atomic E-state index is -3.42. The number of piperidine rings is 1. The molecule has 0 aliphatic carbocycles. The molecule has 2 heterocycles. The Kier molecular flexibility index (Phi) is 5.74. The first-order valence-corrected chi connectivity index (χ1v) is 12.6. The average molecular weight is 402 g/mol. The predicted molar refractivity (Wildman–Crippen MR) is 102 cm³/mol. The quantitative estimate of drug-likeness (QED) is 0.753. The number of fused-ring (bicyclic) bond motifs is 3. The van der Waals surface area contributed by atoms with Gasteiger partial charge in [-0.1, -0.05) is 24.3 Å². The van der Waals surface area contributed by atoms with Gasteiger partial charge in [-0.05, 0) is 30.4 Å². The summed E-state index contributed by atoms with van der Waals surface area (Å²) in [4.78, 5) is 2.44. The third-order valence-corrected chi connectivity index (χ3v) is 7.36. The zero-order valence-corrected chi connectivity index (χ0v) is 16.9. The van der Waals surface area contributed by atoms with Gasteiger partial charge in [0.05, 0.1) is 12.5 Å². The van der Waals surface area contributed by atoms with E-state index in [1.807, 2.05) is 6.07 Å². The van der Waals surface area contributed by atoms with Gasteiger partial charge in [0.1, 0.15) is 0 Å². The van der Waals surface area contributed by atoms with Crippen molar-refractivity contribution in [1.29, 1.82) is 0 Å². The van der Waals surface area contributed by atoms with E-state index in [0.717, 1.165) is 38.6 Å². The van der Waals surface area contributed by atoms with E-state index in [2.05, 4.69) is 27.8 Å². The number of nitrogens with one attached hydrogen (secondary N) is 1. The SMILES string of the molecule is CS(=O)(=O)NCCN([C@@H]1CCN2CCc3ccccc3[C@H]2C1)S(C)(=O)=O. The summed E-state index contributed by atoms with van der Waals surface area (Å²) in [7, 11) is -6.75. The third kappa shape index (κ3) is 4.64. The van der Waals surface area contributed by atoms with Crippen molar-refractivity contribution < 1.29 is 16.8 Å². The summed E-state index contributed by atoms with van der Waals surface area (Å²) in [5.41, 5.74) is 2.64. The van der Waals surface area contributed by atoms with Crippen LogP contribution in [0.3, 0.4) is 0 Å². The molecule has 2 aliphatic rings. The Hall–Kier alpha value is -1.00. The topological polar surface area (TPSA) is 86.8 Å². The molecule has 9 heteroatoms. The Bertz CT molecular complexity index is 855. The number of nitrogens with zero attached hydrogens (tertiary/aromatic N) is 2. The molecule has 2 aliphatic heterocycles. The van der Waals surface area contributed by atoms with Gasteiger partial charge in [0.2, 0.25) is 20.0 Å². The van der Waals surface area contributed by atoms with Gasteiger partial charge >= 0.3 is 0 Å². The van der Waals surface area contributed by atoms with Crippen LogP contribution < -0.4 is 4.72 Å². The fourth-order valence-electron chi connectivity index (χ4n) is 4.16.